The highest BCUT2D eigenvalue weighted by Crippen LogP contribution is 2.18. The van der Waals surface area contributed by atoms with Crippen LogP contribution in [0.4, 0.5) is 0 Å². The number of hydrogen-bond donors (Lipinski definition) is 1. The van der Waals surface area contributed by atoms with Crippen molar-refractivity contribution in [1.82, 2.24) is 20.1 Å². The Kier molecular flexibility index (Phi) is 5.69. The van der Waals surface area contributed by atoms with Crippen LogP contribution in [-0.4, -0.2) is 32.5 Å². The molecular formula is C17H22N4OS. The molecule has 5 nitrogen and oxygen atoms in total. The Hall–Kier alpha value is -1.82. The van der Waals surface area contributed by atoms with E-state index >= 15 is 0 Å². The van der Waals surface area contributed by atoms with Gasteiger partial charge in [0.2, 0.25) is 11.1 Å². The van der Waals surface area contributed by atoms with Gasteiger partial charge in [-0.25, -0.2) is 9.67 Å². The van der Waals surface area contributed by atoms with Crippen LogP contribution in [0.25, 0.3) is 5.69 Å². The molecule has 0 spiro atoms. The Balaban J connectivity index is 1.48. The summed E-state index contributed by atoms with van der Waals surface area (Å²) < 4.78 is 1.73. The first-order chi connectivity index (χ1) is 11.3. The van der Waals surface area contributed by atoms with Crippen molar-refractivity contribution in [3.8, 4) is 5.69 Å². The highest BCUT2D eigenvalue weighted by Gasteiger charge is 2.15. The summed E-state index contributed by atoms with van der Waals surface area (Å²) in [5, 5.41) is 8.18. The van der Waals surface area contributed by atoms with Crippen molar-refractivity contribution in [2.75, 3.05) is 5.75 Å². The number of carbonyl (C=O) groups excluding carboxylic acids is 1. The molecule has 0 unspecified atom stereocenters. The molecule has 0 bridgehead atoms. The molecule has 0 radical (unpaired) electrons. The first-order valence-corrected chi connectivity index (χ1v) is 9.19. The molecule has 0 aliphatic heterocycles. The molecule has 122 valence electrons. The Bertz CT molecular complexity index is 621. The van der Waals surface area contributed by atoms with Crippen LogP contribution in [0.15, 0.2) is 41.8 Å². The molecule has 0 atom stereocenters. The molecule has 1 aromatic carbocycles. The largest absolute Gasteiger partial charge is 0.353 e. The van der Waals surface area contributed by atoms with Gasteiger partial charge in [0.05, 0.1) is 11.4 Å². The Morgan fingerprint density at radius 2 is 1.91 bits per heavy atom. The molecule has 1 aromatic heterocycles. The van der Waals surface area contributed by atoms with E-state index < -0.39 is 0 Å². The molecule has 1 aliphatic rings. The third kappa shape index (κ3) is 4.82. The molecule has 1 N–H and O–H groups in total. The molecular weight excluding hydrogens is 308 g/mol. The van der Waals surface area contributed by atoms with Crippen LogP contribution in [0, 0.1) is 0 Å². The number of hydrogen-bond acceptors (Lipinski definition) is 4. The van der Waals surface area contributed by atoms with Gasteiger partial charge in [0, 0.05) is 6.04 Å². The highest BCUT2D eigenvalue weighted by atomic mass is 32.2. The van der Waals surface area contributed by atoms with Crippen LogP contribution in [0.3, 0.4) is 0 Å². The zero-order valence-electron chi connectivity index (χ0n) is 13.1. The van der Waals surface area contributed by atoms with Gasteiger partial charge in [0.25, 0.3) is 0 Å². The standard InChI is InChI=1S/C17H22N4OS/c22-16(19-14-8-4-1-2-5-9-14)12-23-17-18-13-21(20-17)15-10-6-3-7-11-15/h3,6-7,10-11,13-14H,1-2,4-5,8-9,12H2,(H,19,22). The SMILES string of the molecule is O=C(CSc1ncn(-c2ccccc2)n1)NC1CCCCCC1. The summed E-state index contributed by atoms with van der Waals surface area (Å²) >= 11 is 1.38. The summed E-state index contributed by atoms with van der Waals surface area (Å²) in [7, 11) is 0. The summed E-state index contributed by atoms with van der Waals surface area (Å²) in [5.41, 5.74) is 0.967. The smallest absolute Gasteiger partial charge is 0.230 e. The number of thioether (sulfide) groups is 1. The van der Waals surface area contributed by atoms with Gasteiger partial charge < -0.3 is 5.32 Å². The average molecular weight is 330 g/mol. The molecule has 1 amide bonds. The number of nitrogens with one attached hydrogen (secondary N) is 1. The number of rotatable bonds is 5. The first kappa shape index (κ1) is 16.1. The predicted octanol–water partition coefficient (Wildman–Crippen LogP) is 3.20. The van der Waals surface area contributed by atoms with Gasteiger partial charge >= 0.3 is 0 Å². The molecule has 1 heterocycles. The fourth-order valence-electron chi connectivity index (χ4n) is 2.84. The topological polar surface area (TPSA) is 59.8 Å². The fraction of sp³-hybridized carbons (Fsp3) is 0.471. The predicted molar refractivity (Wildman–Crippen MR) is 91.7 cm³/mol. The lowest BCUT2D eigenvalue weighted by Gasteiger charge is -2.15. The van der Waals surface area contributed by atoms with Crippen LogP contribution in [-0.2, 0) is 4.79 Å². The second-order valence-electron chi connectivity index (χ2n) is 5.85. The minimum atomic E-state index is 0.0814. The van der Waals surface area contributed by atoms with Gasteiger partial charge in [-0.2, -0.15) is 0 Å². The van der Waals surface area contributed by atoms with Crippen LogP contribution in [0.1, 0.15) is 38.5 Å². The zero-order valence-corrected chi connectivity index (χ0v) is 14.0. The lowest BCUT2D eigenvalue weighted by molar-refractivity contribution is -0.119. The first-order valence-electron chi connectivity index (χ1n) is 8.20. The third-order valence-electron chi connectivity index (χ3n) is 4.04. The third-order valence-corrected chi connectivity index (χ3v) is 4.90. The highest BCUT2D eigenvalue weighted by molar-refractivity contribution is 7.99. The maximum absolute atomic E-state index is 12.1. The minimum absolute atomic E-state index is 0.0814. The van der Waals surface area contributed by atoms with Gasteiger partial charge in [-0.1, -0.05) is 55.6 Å². The summed E-state index contributed by atoms with van der Waals surface area (Å²) in [6.45, 7) is 0. The van der Waals surface area contributed by atoms with Gasteiger partial charge in [-0.3, -0.25) is 4.79 Å². The quantitative estimate of drug-likeness (QED) is 0.675. The summed E-state index contributed by atoms with van der Waals surface area (Å²) in [4.78, 5) is 16.3. The molecule has 1 fully saturated rings. The lowest BCUT2D eigenvalue weighted by Crippen LogP contribution is -2.35. The molecule has 3 rings (SSSR count). The normalized spacial score (nSPS) is 16.0. The number of benzene rings is 1. The van der Waals surface area contributed by atoms with Gasteiger partial charge in [0.15, 0.2) is 0 Å². The van der Waals surface area contributed by atoms with Crippen LogP contribution in [0.5, 0.6) is 0 Å². The van der Waals surface area contributed by atoms with E-state index in [-0.39, 0.29) is 5.91 Å². The van der Waals surface area contributed by atoms with Crippen molar-refractivity contribution in [3.63, 3.8) is 0 Å². The van der Waals surface area contributed by atoms with E-state index in [4.69, 9.17) is 0 Å². The Morgan fingerprint density at radius 3 is 2.65 bits per heavy atom. The van der Waals surface area contributed by atoms with Gasteiger partial charge in [0.1, 0.15) is 6.33 Å². The van der Waals surface area contributed by atoms with E-state index in [1.54, 1.807) is 11.0 Å². The molecule has 0 saturated heterocycles. The van der Waals surface area contributed by atoms with E-state index in [2.05, 4.69) is 15.4 Å². The molecule has 23 heavy (non-hydrogen) atoms. The van der Waals surface area contributed by atoms with E-state index in [1.807, 2.05) is 30.3 Å². The summed E-state index contributed by atoms with van der Waals surface area (Å²) in [6.07, 6.45) is 8.93. The fourth-order valence-corrected chi connectivity index (χ4v) is 3.45. The lowest BCUT2D eigenvalue weighted by atomic mass is 10.1. The number of para-hydroxylation sites is 1. The molecule has 1 saturated carbocycles. The van der Waals surface area contributed by atoms with E-state index in [9.17, 15) is 4.79 Å². The van der Waals surface area contributed by atoms with Crippen molar-refractivity contribution in [2.45, 2.75) is 49.7 Å². The van der Waals surface area contributed by atoms with Crippen molar-refractivity contribution < 1.29 is 4.79 Å². The average Bonchev–Trinajstić information content (AvgIpc) is 2.91. The Labute approximate surface area is 140 Å². The van der Waals surface area contributed by atoms with Crippen molar-refractivity contribution in [1.29, 1.82) is 0 Å². The minimum Gasteiger partial charge on any atom is -0.353 e. The zero-order chi connectivity index (χ0) is 15.9. The number of aromatic nitrogens is 3. The van der Waals surface area contributed by atoms with Gasteiger partial charge in [-0.05, 0) is 25.0 Å². The van der Waals surface area contributed by atoms with Crippen LogP contribution < -0.4 is 5.32 Å². The Morgan fingerprint density at radius 1 is 1.17 bits per heavy atom. The second-order valence-corrected chi connectivity index (χ2v) is 6.79. The van der Waals surface area contributed by atoms with E-state index in [1.165, 1.54) is 37.4 Å². The molecule has 1 aliphatic carbocycles. The van der Waals surface area contributed by atoms with Crippen molar-refractivity contribution in [2.24, 2.45) is 0 Å². The van der Waals surface area contributed by atoms with Crippen molar-refractivity contribution >= 4 is 17.7 Å². The van der Waals surface area contributed by atoms with Crippen molar-refractivity contribution in [3.05, 3.63) is 36.7 Å². The number of amides is 1. The van der Waals surface area contributed by atoms with E-state index in [0.29, 0.717) is 17.0 Å². The summed E-state index contributed by atoms with van der Waals surface area (Å²) in [6, 6.07) is 10.2. The monoisotopic (exact) mass is 330 g/mol. The number of nitrogens with zero attached hydrogens (tertiary/aromatic N) is 3. The van der Waals surface area contributed by atoms with Gasteiger partial charge in [-0.15, -0.1) is 5.10 Å². The van der Waals surface area contributed by atoms with Crippen LogP contribution in [0.2, 0.25) is 0 Å². The maximum Gasteiger partial charge on any atom is 0.230 e. The molecule has 2 aromatic rings. The summed E-state index contributed by atoms with van der Waals surface area (Å²) in [5.74, 6) is 0.452. The van der Waals surface area contributed by atoms with Crippen LogP contribution >= 0.6 is 11.8 Å². The maximum atomic E-state index is 12.1. The number of carbonyl (C=O) groups is 1. The van der Waals surface area contributed by atoms with E-state index in [0.717, 1.165) is 18.5 Å². The second kappa shape index (κ2) is 8.15. The molecule has 6 heteroatoms.